The Kier molecular flexibility index (Phi) is 3.54. The molecule has 1 aromatic rings. The third kappa shape index (κ3) is 2.29. The Morgan fingerprint density at radius 2 is 2.27 bits per heavy atom. The van der Waals surface area contributed by atoms with Crippen molar-refractivity contribution in [3.63, 3.8) is 0 Å². The minimum absolute atomic E-state index is 0.121. The van der Waals surface area contributed by atoms with Crippen molar-refractivity contribution in [3.8, 4) is 5.75 Å². The molecule has 15 heavy (non-hydrogen) atoms. The van der Waals surface area contributed by atoms with Crippen LogP contribution in [0, 0.1) is 5.92 Å². The van der Waals surface area contributed by atoms with Crippen LogP contribution in [0.1, 0.15) is 18.0 Å². The molecule has 2 nitrogen and oxygen atoms in total. The summed E-state index contributed by atoms with van der Waals surface area (Å²) in [5, 5.41) is 0. The molecular weight excluding hydrogens is 206 g/mol. The summed E-state index contributed by atoms with van der Waals surface area (Å²) < 4.78 is 5.34. The normalized spacial score (nSPS) is 22.7. The van der Waals surface area contributed by atoms with Crippen molar-refractivity contribution in [2.24, 2.45) is 11.7 Å². The quantitative estimate of drug-likeness (QED) is 0.855. The predicted octanol–water partition coefficient (Wildman–Crippen LogP) is 2.45. The topological polar surface area (TPSA) is 35.2 Å². The predicted molar refractivity (Wildman–Crippen MR) is 65.4 cm³/mol. The van der Waals surface area contributed by atoms with Gasteiger partial charge in [-0.3, -0.25) is 0 Å². The Labute approximate surface area is 95.2 Å². The molecule has 0 bridgehead atoms. The fourth-order valence-electron chi connectivity index (χ4n) is 2.03. The molecule has 2 rings (SSSR count). The molecule has 1 aromatic carbocycles. The van der Waals surface area contributed by atoms with Gasteiger partial charge in [0, 0.05) is 11.6 Å². The Balaban J connectivity index is 2.19. The van der Waals surface area contributed by atoms with Gasteiger partial charge in [0.05, 0.1) is 7.11 Å². The molecule has 1 heterocycles. The van der Waals surface area contributed by atoms with Crippen molar-refractivity contribution >= 4 is 11.8 Å². The van der Waals surface area contributed by atoms with Crippen molar-refractivity contribution < 1.29 is 4.74 Å². The summed E-state index contributed by atoms with van der Waals surface area (Å²) in [5.41, 5.74) is 7.43. The molecule has 0 amide bonds. The average Bonchev–Trinajstić information content (AvgIpc) is 2.81. The third-order valence-corrected chi connectivity index (χ3v) is 4.16. The highest BCUT2D eigenvalue weighted by Crippen LogP contribution is 2.35. The van der Waals surface area contributed by atoms with Gasteiger partial charge in [-0.1, -0.05) is 18.2 Å². The van der Waals surface area contributed by atoms with Crippen LogP contribution < -0.4 is 10.5 Å². The molecule has 2 N–H and O–H groups in total. The van der Waals surface area contributed by atoms with Gasteiger partial charge in [0.2, 0.25) is 0 Å². The summed E-state index contributed by atoms with van der Waals surface area (Å²) in [6.07, 6.45) is 1.23. The molecule has 0 radical (unpaired) electrons. The molecule has 2 unspecified atom stereocenters. The van der Waals surface area contributed by atoms with E-state index in [0.717, 1.165) is 11.3 Å². The molecule has 0 aliphatic carbocycles. The highest BCUT2D eigenvalue weighted by molar-refractivity contribution is 7.99. The fraction of sp³-hybridized carbons (Fsp3) is 0.500. The van der Waals surface area contributed by atoms with Crippen LogP contribution >= 0.6 is 11.8 Å². The SMILES string of the molecule is COc1ccccc1C(N)C1CCSC1. The van der Waals surface area contributed by atoms with Gasteiger partial charge in [-0.05, 0) is 29.9 Å². The largest absolute Gasteiger partial charge is 0.496 e. The molecule has 1 aliphatic heterocycles. The lowest BCUT2D eigenvalue weighted by Gasteiger charge is -2.20. The van der Waals surface area contributed by atoms with Crippen LogP contribution in [0.15, 0.2) is 24.3 Å². The van der Waals surface area contributed by atoms with Gasteiger partial charge >= 0.3 is 0 Å². The molecule has 0 aromatic heterocycles. The molecule has 1 saturated heterocycles. The van der Waals surface area contributed by atoms with E-state index in [4.69, 9.17) is 10.5 Å². The minimum atomic E-state index is 0.121. The highest BCUT2D eigenvalue weighted by atomic mass is 32.2. The van der Waals surface area contributed by atoms with Gasteiger partial charge in [0.25, 0.3) is 0 Å². The van der Waals surface area contributed by atoms with E-state index in [-0.39, 0.29) is 6.04 Å². The van der Waals surface area contributed by atoms with E-state index in [9.17, 15) is 0 Å². The lowest BCUT2D eigenvalue weighted by Crippen LogP contribution is -2.21. The van der Waals surface area contributed by atoms with Crippen LogP contribution in [-0.2, 0) is 0 Å². The van der Waals surface area contributed by atoms with Gasteiger partial charge in [-0.25, -0.2) is 0 Å². The van der Waals surface area contributed by atoms with Crippen molar-refractivity contribution in [2.45, 2.75) is 12.5 Å². The van der Waals surface area contributed by atoms with Crippen molar-refractivity contribution in [2.75, 3.05) is 18.6 Å². The van der Waals surface area contributed by atoms with E-state index >= 15 is 0 Å². The monoisotopic (exact) mass is 223 g/mol. The smallest absolute Gasteiger partial charge is 0.123 e. The standard InChI is InChI=1S/C12H17NOS/c1-14-11-5-3-2-4-10(11)12(13)9-6-7-15-8-9/h2-5,9,12H,6-8,13H2,1H3. The zero-order valence-corrected chi connectivity index (χ0v) is 9.80. The summed E-state index contributed by atoms with van der Waals surface area (Å²) in [7, 11) is 1.70. The van der Waals surface area contributed by atoms with E-state index < -0.39 is 0 Å². The van der Waals surface area contributed by atoms with Gasteiger partial charge in [0.15, 0.2) is 0 Å². The average molecular weight is 223 g/mol. The summed E-state index contributed by atoms with van der Waals surface area (Å²) in [6.45, 7) is 0. The maximum absolute atomic E-state index is 6.28. The van der Waals surface area contributed by atoms with Crippen LogP contribution in [-0.4, -0.2) is 18.6 Å². The Bertz CT molecular complexity index is 323. The minimum Gasteiger partial charge on any atom is -0.496 e. The number of methoxy groups -OCH3 is 1. The molecular formula is C12H17NOS. The number of para-hydroxylation sites is 1. The molecule has 2 atom stereocenters. The molecule has 0 spiro atoms. The Hall–Kier alpha value is -0.670. The number of hydrogen-bond acceptors (Lipinski definition) is 3. The lowest BCUT2D eigenvalue weighted by molar-refractivity contribution is 0.393. The molecule has 3 heteroatoms. The Morgan fingerprint density at radius 1 is 1.47 bits per heavy atom. The van der Waals surface area contributed by atoms with Gasteiger partial charge in [-0.15, -0.1) is 0 Å². The fourth-order valence-corrected chi connectivity index (χ4v) is 3.34. The van der Waals surface area contributed by atoms with Crippen molar-refractivity contribution in [3.05, 3.63) is 29.8 Å². The van der Waals surface area contributed by atoms with Crippen molar-refractivity contribution in [1.29, 1.82) is 0 Å². The zero-order valence-electron chi connectivity index (χ0n) is 8.98. The summed E-state index contributed by atoms with van der Waals surface area (Å²) in [5.74, 6) is 3.94. The van der Waals surface area contributed by atoms with Crippen LogP contribution in [0.4, 0.5) is 0 Å². The molecule has 0 saturated carbocycles. The first-order valence-electron chi connectivity index (χ1n) is 5.29. The highest BCUT2D eigenvalue weighted by Gasteiger charge is 2.25. The van der Waals surface area contributed by atoms with E-state index in [1.807, 2.05) is 30.0 Å². The number of benzene rings is 1. The molecule has 82 valence electrons. The van der Waals surface area contributed by atoms with Crippen LogP contribution in [0.3, 0.4) is 0 Å². The third-order valence-electron chi connectivity index (χ3n) is 2.97. The number of hydrogen-bond donors (Lipinski definition) is 1. The lowest BCUT2D eigenvalue weighted by atomic mass is 9.93. The molecule has 1 aliphatic rings. The number of rotatable bonds is 3. The van der Waals surface area contributed by atoms with Crippen LogP contribution in [0.25, 0.3) is 0 Å². The van der Waals surface area contributed by atoms with E-state index in [0.29, 0.717) is 5.92 Å². The van der Waals surface area contributed by atoms with Crippen LogP contribution in [0.5, 0.6) is 5.75 Å². The molecule has 1 fully saturated rings. The second kappa shape index (κ2) is 4.90. The maximum atomic E-state index is 6.28. The van der Waals surface area contributed by atoms with Crippen LogP contribution in [0.2, 0.25) is 0 Å². The number of thioether (sulfide) groups is 1. The first-order chi connectivity index (χ1) is 7.33. The van der Waals surface area contributed by atoms with E-state index in [2.05, 4.69) is 6.07 Å². The number of ether oxygens (including phenoxy) is 1. The first kappa shape index (κ1) is 10.8. The van der Waals surface area contributed by atoms with Gasteiger partial charge < -0.3 is 10.5 Å². The second-order valence-electron chi connectivity index (χ2n) is 3.89. The van der Waals surface area contributed by atoms with E-state index in [1.54, 1.807) is 7.11 Å². The zero-order chi connectivity index (χ0) is 10.7. The summed E-state index contributed by atoms with van der Waals surface area (Å²) >= 11 is 2.00. The van der Waals surface area contributed by atoms with Crippen molar-refractivity contribution in [1.82, 2.24) is 0 Å². The van der Waals surface area contributed by atoms with Gasteiger partial charge in [-0.2, -0.15) is 11.8 Å². The van der Waals surface area contributed by atoms with Gasteiger partial charge in [0.1, 0.15) is 5.75 Å². The number of nitrogens with two attached hydrogens (primary N) is 1. The van der Waals surface area contributed by atoms with E-state index in [1.165, 1.54) is 17.9 Å². The summed E-state index contributed by atoms with van der Waals surface area (Å²) in [4.78, 5) is 0. The Morgan fingerprint density at radius 3 is 2.93 bits per heavy atom. The summed E-state index contributed by atoms with van der Waals surface area (Å²) in [6, 6.07) is 8.19. The first-order valence-corrected chi connectivity index (χ1v) is 6.44. The maximum Gasteiger partial charge on any atom is 0.123 e. The second-order valence-corrected chi connectivity index (χ2v) is 5.04.